The summed E-state index contributed by atoms with van der Waals surface area (Å²) in [6, 6.07) is 16.3. The molecular formula is C24H20N6O2. The maximum Gasteiger partial charge on any atom is 0.267 e. The number of rotatable bonds is 6. The lowest BCUT2D eigenvalue weighted by Gasteiger charge is -2.13. The van der Waals surface area contributed by atoms with Crippen LogP contribution in [0.3, 0.4) is 0 Å². The minimum atomic E-state index is -0.754. The molecule has 0 bridgehead atoms. The third kappa shape index (κ3) is 3.68. The molecule has 8 heteroatoms. The number of para-hydroxylation sites is 1. The Labute approximate surface area is 184 Å². The number of primary amides is 2. The zero-order chi connectivity index (χ0) is 22.8. The summed E-state index contributed by atoms with van der Waals surface area (Å²) in [5, 5.41) is 14.2. The van der Waals surface area contributed by atoms with Crippen molar-refractivity contribution in [2.24, 2.45) is 11.5 Å². The first-order chi connectivity index (χ1) is 15.4. The lowest BCUT2D eigenvalue weighted by molar-refractivity contribution is 0.0996. The van der Waals surface area contributed by atoms with E-state index in [1.165, 1.54) is 0 Å². The Balaban J connectivity index is 1.92. The van der Waals surface area contributed by atoms with E-state index in [4.69, 9.17) is 16.7 Å². The van der Waals surface area contributed by atoms with Crippen LogP contribution in [0.25, 0.3) is 22.0 Å². The van der Waals surface area contributed by atoms with Crippen molar-refractivity contribution in [3.05, 3.63) is 82.8 Å². The minimum Gasteiger partial charge on any atom is -0.366 e. The number of fused-ring (bicyclic) bond motifs is 1. The van der Waals surface area contributed by atoms with E-state index in [1.807, 2.05) is 19.1 Å². The second-order valence-electron chi connectivity index (χ2n) is 7.31. The molecule has 2 amide bonds. The van der Waals surface area contributed by atoms with Gasteiger partial charge in [-0.15, -0.1) is 0 Å². The summed E-state index contributed by atoms with van der Waals surface area (Å²) in [5.74, 6) is -1.43. The summed E-state index contributed by atoms with van der Waals surface area (Å²) in [4.78, 5) is 29.3. The van der Waals surface area contributed by atoms with E-state index in [1.54, 1.807) is 47.3 Å². The first-order valence-electron chi connectivity index (χ1n) is 10.0. The highest BCUT2D eigenvalue weighted by atomic mass is 16.1. The van der Waals surface area contributed by atoms with E-state index in [9.17, 15) is 9.59 Å². The second kappa shape index (κ2) is 8.32. The van der Waals surface area contributed by atoms with Gasteiger partial charge in [0, 0.05) is 22.7 Å². The molecule has 2 heterocycles. The summed E-state index contributed by atoms with van der Waals surface area (Å²) in [6.07, 6.45) is 2.32. The zero-order valence-corrected chi connectivity index (χ0v) is 17.4. The van der Waals surface area contributed by atoms with Gasteiger partial charge in [0.05, 0.1) is 35.0 Å². The number of hydrogen-bond acceptors (Lipinski definition) is 5. The number of carbonyl (C=O) groups excluding carboxylic acids is 2. The minimum absolute atomic E-state index is 0.0230. The smallest absolute Gasteiger partial charge is 0.267 e. The molecule has 0 fully saturated rings. The van der Waals surface area contributed by atoms with Gasteiger partial charge in [-0.3, -0.25) is 14.3 Å². The van der Waals surface area contributed by atoms with Crippen molar-refractivity contribution >= 4 is 22.7 Å². The van der Waals surface area contributed by atoms with Crippen LogP contribution in [0, 0.1) is 11.3 Å². The lowest BCUT2D eigenvalue weighted by atomic mass is 9.93. The van der Waals surface area contributed by atoms with Crippen LogP contribution in [-0.4, -0.2) is 26.6 Å². The van der Waals surface area contributed by atoms with E-state index in [0.29, 0.717) is 46.3 Å². The van der Waals surface area contributed by atoms with E-state index in [0.717, 1.165) is 5.56 Å². The summed E-state index contributed by atoms with van der Waals surface area (Å²) in [5.41, 5.74) is 15.1. The van der Waals surface area contributed by atoms with Gasteiger partial charge >= 0.3 is 0 Å². The molecule has 0 radical (unpaired) electrons. The third-order valence-electron chi connectivity index (χ3n) is 5.24. The summed E-state index contributed by atoms with van der Waals surface area (Å²) in [6.45, 7) is 2.37. The molecule has 4 rings (SSSR count). The molecule has 32 heavy (non-hydrogen) atoms. The van der Waals surface area contributed by atoms with E-state index in [-0.39, 0.29) is 11.3 Å². The average Bonchev–Trinajstić information content (AvgIpc) is 3.20. The van der Waals surface area contributed by atoms with Crippen LogP contribution in [0.2, 0.25) is 0 Å². The van der Waals surface area contributed by atoms with Crippen molar-refractivity contribution in [3.8, 4) is 17.2 Å². The van der Waals surface area contributed by atoms with E-state index >= 15 is 0 Å². The Hall–Kier alpha value is -4.51. The van der Waals surface area contributed by atoms with Gasteiger partial charge in [-0.25, -0.2) is 4.98 Å². The molecule has 2 aromatic heterocycles. The van der Waals surface area contributed by atoms with Crippen LogP contribution >= 0.6 is 0 Å². The molecule has 0 atom stereocenters. The molecule has 0 saturated heterocycles. The van der Waals surface area contributed by atoms with Gasteiger partial charge in [0.25, 0.3) is 5.91 Å². The van der Waals surface area contributed by atoms with Gasteiger partial charge in [0.15, 0.2) is 0 Å². The number of benzene rings is 2. The first-order valence-corrected chi connectivity index (χ1v) is 10.0. The molecule has 8 nitrogen and oxygen atoms in total. The molecule has 0 saturated carbocycles. The van der Waals surface area contributed by atoms with Crippen molar-refractivity contribution in [2.45, 2.75) is 19.9 Å². The molecule has 0 aliphatic carbocycles. The quantitative estimate of drug-likeness (QED) is 0.490. The average molecular weight is 424 g/mol. The van der Waals surface area contributed by atoms with Crippen LogP contribution < -0.4 is 11.5 Å². The van der Waals surface area contributed by atoms with Crippen molar-refractivity contribution in [1.82, 2.24) is 14.8 Å². The maximum atomic E-state index is 12.5. The van der Waals surface area contributed by atoms with Gasteiger partial charge in [-0.2, -0.15) is 10.4 Å². The van der Waals surface area contributed by atoms with Crippen LogP contribution in [-0.2, 0) is 13.0 Å². The zero-order valence-electron chi connectivity index (χ0n) is 17.4. The maximum absolute atomic E-state index is 12.5. The topological polar surface area (TPSA) is 141 Å². The largest absolute Gasteiger partial charge is 0.366 e. The van der Waals surface area contributed by atoms with Gasteiger partial charge in [0.1, 0.15) is 5.69 Å². The second-order valence-corrected chi connectivity index (χ2v) is 7.31. The predicted octanol–water partition coefficient (Wildman–Crippen LogP) is 2.78. The number of nitriles is 1. The van der Waals surface area contributed by atoms with Crippen molar-refractivity contribution in [2.75, 3.05) is 0 Å². The Morgan fingerprint density at radius 3 is 2.41 bits per heavy atom. The first kappa shape index (κ1) is 20.8. The molecule has 0 aliphatic heterocycles. The highest BCUT2D eigenvalue weighted by Crippen LogP contribution is 2.34. The van der Waals surface area contributed by atoms with Crippen LogP contribution in [0.15, 0.2) is 54.7 Å². The van der Waals surface area contributed by atoms with Gasteiger partial charge in [-0.1, -0.05) is 37.3 Å². The van der Waals surface area contributed by atoms with Crippen LogP contribution in [0.5, 0.6) is 0 Å². The molecular weight excluding hydrogens is 404 g/mol. The Morgan fingerprint density at radius 2 is 1.78 bits per heavy atom. The van der Waals surface area contributed by atoms with Crippen LogP contribution in [0.1, 0.15) is 44.6 Å². The van der Waals surface area contributed by atoms with E-state index in [2.05, 4.69) is 16.2 Å². The summed E-state index contributed by atoms with van der Waals surface area (Å²) in [7, 11) is 0. The highest BCUT2D eigenvalue weighted by Gasteiger charge is 2.26. The summed E-state index contributed by atoms with van der Waals surface area (Å²) >= 11 is 0. The van der Waals surface area contributed by atoms with E-state index < -0.39 is 11.8 Å². The number of pyridine rings is 1. The van der Waals surface area contributed by atoms with Crippen molar-refractivity contribution < 1.29 is 9.59 Å². The monoisotopic (exact) mass is 424 g/mol. The molecule has 2 aromatic carbocycles. The number of aryl methyl sites for hydroxylation is 1. The third-order valence-corrected chi connectivity index (χ3v) is 5.24. The van der Waals surface area contributed by atoms with Crippen molar-refractivity contribution in [3.63, 3.8) is 0 Å². The Morgan fingerprint density at radius 1 is 1.06 bits per heavy atom. The SMILES string of the molecule is CCc1nn(Cc2ccc(C#N)cc2)cc1-c1c(C(N)=O)nc2ccccc2c1C(N)=O. The summed E-state index contributed by atoms with van der Waals surface area (Å²) < 4.78 is 1.72. The normalized spacial score (nSPS) is 10.8. The molecule has 0 aliphatic rings. The standard InChI is InChI=1S/C24H20N6O2/c1-2-18-17(13-30(29-18)12-15-9-7-14(11-25)8-10-15)20-21(23(26)31)16-5-3-4-6-19(16)28-22(20)24(27)32/h3-10,13H,2,12H2,1H3,(H2,26,31)(H2,27,32). The lowest BCUT2D eigenvalue weighted by Crippen LogP contribution is -2.20. The fraction of sp³-hybridized carbons (Fsp3) is 0.125. The molecule has 158 valence electrons. The molecule has 4 aromatic rings. The Bertz CT molecular complexity index is 1400. The van der Waals surface area contributed by atoms with Gasteiger partial charge < -0.3 is 11.5 Å². The fourth-order valence-corrected chi connectivity index (χ4v) is 3.79. The Kier molecular flexibility index (Phi) is 5.39. The van der Waals surface area contributed by atoms with Crippen LogP contribution in [0.4, 0.5) is 0 Å². The fourth-order valence-electron chi connectivity index (χ4n) is 3.79. The number of amides is 2. The van der Waals surface area contributed by atoms with Gasteiger partial charge in [-0.05, 0) is 30.2 Å². The van der Waals surface area contributed by atoms with Crippen molar-refractivity contribution in [1.29, 1.82) is 5.26 Å². The van der Waals surface area contributed by atoms with Gasteiger partial charge in [0.2, 0.25) is 5.91 Å². The number of nitrogens with zero attached hydrogens (tertiary/aromatic N) is 4. The molecule has 0 spiro atoms. The number of aromatic nitrogens is 3. The molecule has 0 unspecified atom stereocenters. The predicted molar refractivity (Wildman–Crippen MR) is 120 cm³/mol. The number of hydrogen-bond donors (Lipinski definition) is 2. The number of carbonyl (C=O) groups is 2. The molecule has 4 N–H and O–H groups in total. The number of nitrogens with two attached hydrogens (primary N) is 2. The highest BCUT2D eigenvalue weighted by molar-refractivity contribution is 6.15.